The zero-order valence-corrected chi connectivity index (χ0v) is 9.41. The van der Waals surface area contributed by atoms with Crippen LogP contribution in [0, 0.1) is 10.1 Å². The molecule has 7 heteroatoms. The van der Waals surface area contributed by atoms with Crippen LogP contribution in [-0.2, 0) is 0 Å². The quantitative estimate of drug-likeness (QED) is 0.473. The SMILES string of the molecule is CCOc1ccc([N+](=O)[O-])c(NC(N)=S)c1. The van der Waals surface area contributed by atoms with Gasteiger partial charge in [-0.05, 0) is 25.2 Å². The summed E-state index contributed by atoms with van der Waals surface area (Å²) in [7, 11) is 0. The van der Waals surface area contributed by atoms with Crippen molar-refractivity contribution in [3.8, 4) is 5.75 Å². The Labute approximate surface area is 97.5 Å². The number of ether oxygens (including phenoxy) is 1. The molecule has 0 fully saturated rings. The number of hydrogen-bond donors (Lipinski definition) is 2. The molecule has 3 N–H and O–H groups in total. The first-order chi connectivity index (χ1) is 7.54. The number of nitro groups is 1. The monoisotopic (exact) mass is 241 g/mol. The van der Waals surface area contributed by atoms with E-state index in [1.54, 1.807) is 0 Å². The van der Waals surface area contributed by atoms with Gasteiger partial charge in [-0.3, -0.25) is 10.1 Å². The van der Waals surface area contributed by atoms with E-state index in [0.717, 1.165) is 0 Å². The van der Waals surface area contributed by atoms with Gasteiger partial charge in [0.25, 0.3) is 5.69 Å². The van der Waals surface area contributed by atoms with E-state index in [2.05, 4.69) is 17.5 Å². The Morgan fingerprint density at radius 2 is 2.38 bits per heavy atom. The standard InChI is InChI=1S/C9H11N3O3S/c1-2-15-6-3-4-8(12(13)14)7(5-6)11-9(10)16/h3-5H,2H2,1H3,(H3,10,11,16). The Morgan fingerprint density at radius 1 is 1.69 bits per heavy atom. The van der Waals surface area contributed by atoms with Crippen molar-refractivity contribution in [1.29, 1.82) is 0 Å². The van der Waals surface area contributed by atoms with Crippen LogP contribution in [0.4, 0.5) is 11.4 Å². The molecule has 0 amide bonds. The van der Waals surface area contributed by atoms with Crippen LogP contribution in [0.1, 0.15) is 6.92 Å². The summed E-state index contributed by atoms with van der Waals surface area (Å²) in [5.41, 5.74) is 5.40. The maximum Gasteiger partial charge on any atom is 0.293 e. The molecule has 0 bridgehead atoms. The van der Waals surface area contributed by atoms with Crippen LogP contribution >= 0.6 is 12.2 Å². The molecule has 0 aromatic heterocycles. The summed E-state index contributed by atoms with van der Waals surface area (Å²) in [6, 6.07) is 4.35. The van der Waals surface area contributed by atoms with E-state index >= 15 is 0 Å². The molecule has 0 saturated carbocycles. The molecule has 0 radical (unpaired) electrons. The predicted molar refractivity (Wildman–Crippen MR) is 64.7 cm³/mol. The molecular formula is C9H11N3O3S. The van der Waals surface area contributed by atoms with Crippen molar-refractivity contribution in [1.82, 2.24) is 0 Å². The highest BCUT2D eigenvalue weighted by Gasteiger charge is 2.14. The van der Waals surface area contributed by atoms with Crippen molar-refractivity contribution in [3.63, 3.8) is 0 Å². The summed E-state index contributed by atoms with van der Waals surface area (Å²) >= 11 is 4.63. The summed E-state index contributed by atoms with van der Waals surface area (Å²) in [6.45, 7) is 2.30. The van der Waals surface area contributed by atoms with Gasteiger partial charge in [-0.25, -0.2) is 0 Å². The van der Waals surface area contributed by atoms with Gasteiger partial charge in [-0.15, -0.1) is 0 Å². The molecule has 0 atom stereocenters. The van der Waals surface area contributed by atoms with Crippen LogP contribution in [0.2, 0.25) is 0 Å². The normalized spacial score (nSPS) is 9.56. The van der Waals surface area contributed by atoms with Crippen molar-refractivity contribution < 1.29 is 9.66 Å². The van der Waals surface area contributed by atoms with E-state index in [1.807, 2.05) is 6.92 Å². The zero-order valence-electron chi connectivity index (χ0n) is 8.60. The van der Waals surface area contributed by atoms with E-state index in [4.69, 9.17) is 10.5 Å². The molecule has 0 saturated heterocycles. The maximum atomic E-state index is 10.7. The summed E-state index contributed by atoms with van der Waals surface area (Å²) in [5.74, 6) is 0.520. The van der Waals surface area contributed by atoms with Crippen LogP contribution < -0.4 is 15.8 Å². The molecule has 0 unspecified atom stereocenters. The van der Waals surface area contributed by atoms with E-state index in [9.17, 15) is 10.1 Å². The minimum absolute atomic E-state index is 0.0308. The predicted octanol–water partition coefficient (Wildman–Crippen LogP) is 1.65. The Morgan fingerprint density at radius 3 is 2.88 bits per heavy atom. The molecular weight excluding hydrogens is 230 g/mol. The van der Waals surface area contributed by atoms with Gasteiger partial charge < -0.3 is 15.8 Å². The molecule has 0 heterocycles. The van der Waals surface area contributed by atoms with Crippen molar-refractivity contribution in [2.24, 2.45) is 5.73 Å². The largest absolute Gasteiger partial charge is 0.494 e. The lowest BCUT2D eigenvalue weighted by molar-refractivity contribution is -0.383. The lowest BCUT2D eigenvalue weighted by Crippen LogP contribution is -2.19. The Kier molecular flexibility index (Phi) is 4.01. The topological polar surface area (TPSA) is 90.4 Å². The third-order valence-corrected chi connectivity index (χ3v) is 1.84. The first-order valence-electron chi connectivity index (χ1n) is 4.52. The van der Waals surface area contributed by atoms with Gasteiger partial charge >= 0.3 is 0 Å². The summed E-state index contributed by atoms with van der Waals surface area (Å²) in [5, 5.41) is 13.2. The highest BCUT2D eigenvalue weighted by molar-refractivity contribution is 7.80. The van der Waals surface area contributed by atoms with Gasteiger partial charge in [0, 0.05) is 12.1 Å². The van der Waals surface area contributed by atoms with Gasteiger partial charge in [0.2, 0.25) is 0 Å². The summed E-state index contributed by atoms with van der Waals surface area (Å²) in [6.07, 6.45) is 0. The van der Waals surface area contributed by atoms with Gasteiger partial charge in [0.05, 0.1) is 11.5 Å². The van der Waals surface area contributed by atoms with Crippen LogP contribution in [0.5, 0.6) is 5.75 Å². The number of nitrogens with one attached hydrogen (secondary N) is 1. The molecule has 1 rings (SSSR count). The molecule has 1 aromatic rings. The number of hydrogen-bond acceptors (Lipinski definition) is 4. The molecule has 0 aliphatic heterocycles. The third kappa shape index (κ3) is 3.06. The zero-order chi connectivity index (χ0) is 12.1. The Balaban J connectivity index is 3.10. The Bertz CT molecular complexity index is 422. The van der Waals surface area contributed by atoms with Gasteiger partial charge in [-0.1, -0.05) is 0 Å². The average molecular weight is 241 g/mol. The molecule has 1 aromatic carbocycles. The number of benzene rings is 1. The smallest absolute Gasteiger partial charge is 0.293 e. The van der Waals surface area contributed by atoms with E-state index in [-0.39, 0.29) is 16.5 Å². The highest BCUT2D eigenvalue weighted by atomic mass is 32.1. The number of anilines is 1. The average Bonchev–Trinajstić information content (AvgIpc) is 2.16. The molecule has 6 nitrogen and oxygen atoms in total. The summed E-state index contributed by atoms with van der Waals surface area (Å²) < 4.78 is 5.22. The van der Waals surface area contributed by atoms with Crippen molar-refractivity contribution in [2.45, 2.75) is 6.92 Å². The first kappa shape index (κ1) is 12.2. The van der Waals surface area contributed by atoms with E-state index in [0.29, 0.717) is 12.4 Å². The highest BCUT2D eigenvalue weighted by Crippen LogP contribution is 2.28. The van der Waals surface area contributed by atoms with Crippen molar-refractivity contribution in [2.75, 3.05) is 11.9 Å². The van der Waals surface area contributed by atoms with Crippen molar-refractivity contribution in [3.05, 3.63) is 28.3 Å². The first-order valence-corrected chi connectivity index (χ1v) is 4.93. The lowest BCUT2D eigenvalue weighted by Gasteiger charge is -2.07. The fourth-order valence-electron chi connectivity index (χ4n) is 1.16. The number of thiocarbonyl (C=S) groups is 1. The second-order valence-corrected chi connectivity index (χ2v) is 3.30. The molecule has 86 valence electrons. The van der Waals surface area contributed by atoms with Crippen molar-refractivity contribution >= 4 is 28.7 Å². The minimum atomic E-state index is -0.518. The molecule has 0 aliphatic carbocycles. The number of nitro benzene ring substituents is 1. The fourth-order valence-corrected chi connectivity index (χ4v) is 1.27. The number of nitrogens with zero attached hydrogens (tertiary/aromatic N) is 1. The van der Waals surface area contributed by atoms with E-state index < -0.39 is 4.92 Å². The molecule has 0 spiro atoms. The third-order valence-electron chi connectivity index (χ3n) is 1.73. The molecule has 0 aliphatic rings. The second-order valence-electron chi connectivity index (χ2n) is 2.86. The maximum absolute atomic E-state index is 10.7. The fraction of sp³-hybridized carbons (Fsp3) is 0.222. The second kappa shape index (κ2) is 5.26. The molecule has 16 heavy (non-hydrogen) atoms. The number of rotatable bonds is 4. The van der Waals surface area contributed by atoms with Crippen LogP contribution in [-0.4, -0.2) is 16.6 Å². The lowest BCUT2D eigenvalue weighted by atomic mass is 10.2. The van der Waals surface area contributed by atoms with Gasteiger partial charge in [0.1, 0.15) is 11.4 Å². The van der Waals surface area contributed by atoms with Crippen LogP contribution in [0.3, 0.4) is 0 Å². The summed E-state index contributed by atoms with van der Waals surface area (Å²) in [4.78, 5) is 10.2. The van der Waals surface area contributed by atoms with E-state index in [1.165, 1.54) is 18.2 Å². The van der Waals surface area contributed by atoms with Crippen LogP contribution in [0.15, 0.2) is 18.2 Å². The van der Waals surface area contributed by atoms with Gasteiger partial charge in [-0.2, -0.15) is 0 Å². The van der Waals surface area contributed by atoms with Gasteiger partial charge in [0.15, 0.2) is 5.11 Å². The number of nitrogens with two attached hydrogens (primary N) is 1. The van der Waals surface area contributed by atoms with Crippen LogP contribution in [0.25, 0.3) is 0 Å². The Hall–Kier alpha value is -1.89. The minimum Gasteiger partial charge on any atom is -0.494 e.